The summed E-state index contributed by atoms with van der Waals surface area (Å²) in [6, 6.07) is 6.45. The highest BCUT2D eigenvalue weighted by molar-refractivity contribution is 6.30. The molecule has 0 aromatic heterocycles. The highest BCUT2D eigenvalue weighted by atomic mass is 35.5. The molecular weight excluding hydrogens is 368 g/mol. The first-order valence-corrected chi connectivity index (χ1v) is 9.52. The Labute approximate surface area is 164 Å². The number of amides is 3. The van der Waals surface area contributed by atoms with Crippen molar-refractivity contribution < 1.29 is 19.1 Å². The number of urea groups is 1. The van der Waals surface area contributed by atoms with E-state index in [0.717, 1.165) is 16.9 Å². The number of rotatable bonds is 4. The van der Waals surface area contributed by atoms with Gasteiger partial charge in [0.2, 0.25) is 0 Å². The largest absolute Gasteiger partial charge is 0.459 e. The van der Waals surface area contributed by atoms with Crippen LogP contribution in [0, 0.1) is 11.3 Å². The third kappa shape index (κ3) is 4.26. The van der Waals surface area contributed by atoms with Gasteiger partial charge in [-0.2, -0.15) is 0 Å². The molecule has 2 fully saturated rings. The number of carbonyl (C=O) groups is 3. The summed E-state index contributed by atoms with van der Waals surface area (Å²) in [5.41, 5.74) is -0.220. The number of benzene rings is 1. The Morgan fingerprint density at radius 3 is 2.74 bits per heavy atom. The summed E-state index contributed by atoms with van der Waals surface area (Å²) in [5.74, 6) is -0.641. The molecule has 6 nitrogen and oxygen atoms in total. The zero-order valence-electron chi connectivity index (χ0n) is 15.9. The van der Waals surface area contributed by atoms with Gasteiger partial charge in [-0.25, -0.2) is 4.79 Å². The zero-order chi connectivity index (χ0) is 19.8. The highest BCUT2D eigenvalue weighted by Crippen LogP contribution is 2.46. The fourth-order valence-electron chi connectivity index (χ4n) is 4.61. The molecular formula is C20H25ClN2O4. The first-order valence-electron chi connectivity index (χ1n) is 9.14. The predicted octanol–water partition coefficient (Wildman–Crippen LogP) is 3.52. The number of hydrogen-bond donors (Lipinski definition) is 1. The molecule has 1 aliphatic carbocycles. The van der Waals surface area contributed by atoms with Crippen molar-refractivity contribution in [2.45, 2.75) is 52.2 Å². The van der Waals surface area contributed by atoms with Crippen molar-refractivity contribution in [3.05, 3.63) is 34.9 Å². The quantitative estimate of drug-likeness (QED) is 0.628. The molecule has 146 valence electrons. The maximum Gasteiger partial charge on any atom is 0.326 e. The van der Waals surface area contributed by atoms with E-state index in [1.54, 1.807) is 24.3 Å². The SMILES string of the molecule is C[C@@H]1CC(C)(C)C[C@]2(C1)NC(=O)N(CC(=O)OCc1cccc(Cl)c1)C2=O. The van der Waals surface area contributed by atoms with Gasteiger partial charge in [-0.15, -0.1) is 0 Å². The Kier molecular flexibility index (Phi) is 5.21. The minimum absolute atomic E-state index is 0.0399. The molecule has 1 spiro atoms. The molecule has 0 bridgehead atoms. The van der Waals surface area contributed by atoms with Gasteiger partial charge in [-0.3, -0.25) is 14.5 Å². The second kappa shape index (κ2) is 7.15. The number of nitrogens with one attached hydrogen (secondary N) is 1. The summed E-state index contributed by atoms with van der Waals surface area (Å²) in [6.07, 6.45) is 2.16. The maximum absolute atomic E-state index is 13.0. The highest BCUT2D eigenvalue weighted by Gasteiger charge is 2.56. The molecule has 1 aliphatic heterocycles. The Morgan fingerprint density at radius 2 is 2.07 bits per heavy atom. The summed E-state index contributed by atoms with van der Waals surface area (Å²) in [5, 5.41) is 3.40. The standard InChI is InChI=1S/C20H25ClN2O4/c1-13-8-19(2,3)12-20(9-13)17(25)23(18(26)22-20)10-16(24)27-11-14-5-4-6-15(21)7-14/h4-7,13H,8-12H2,1-3H3,(H,22,26)/t13-,20+/m1/s1. The van der Waals surface area contributed by atoms with Crippen LogP contribution in [0.1, 0.15) is 45.6 Å². The number of halogens is 1. The fourth-order valence-corrected chi connectivity index (χ4v) is 4.83. The second-order valence-electron chi connectivity index (χ2n) is 8.55. The van der Waals surface area contributed by atoms with Gasteiger partial charge in [0, 0.05) is 5.02 Å². The van der Waals surface area contributed by atoms with Crippen LogP contribution in [-0.2, 0) is 20.9 Å². The lowest BCUT2D eigenvalue weighted by Gasteiger charge is -2.43. The molecule has 0 radical (unpaired) electrons. The number of carbonyl (C=O) groups excluding carboxylic acids is 3. The normalized spacial score (nSPS) is 27.0. The number of nitrogens with zero attached hydrogens (tertiary/aromatic N) is 1. The Bertz CT molecular complexity index is 779. The molecule has 1 saturated carbocycles. The summed E-state index contributed by atoms with van der Waals surface area (Å²) in [4.78, 5) is 38.6. The number of imide groups is 1. The van der Waals surface area contributed by atoms with Crippen LogP contribution in [0.3, 0.4) is 0 Å². The Hall–Kier alpha value is -2.08. The van der Waals surface area contributed by atoms with Crippen LogP contribution in [0.2, 0.25) is 5.02 Å². The number of hydrogen-bond acceptors (Lipinski definition) is 4. The summed E-state index contributed by atoms with van der Waals surface area (Å²) >= 11 is 5.91. The first kappa shape index (κ1) is 19.7. The average molecular weight is 393 g/mol. The van der Waals surface area contributed by atoms with Crippen LogP contribution < -0.4 is 5.32 Å². The molecule has 3 rings (SSSR count). The molecule has 1 aromatic rings. The lowest BCUT2D eigenvalue weighted by Crippen LogP contribution is -2.54. The minimum Gasteiger partial charge on any atom is -0.459 e. The van der Waals surface area contributed by atoms with E-state index in [1.807, 2.05) is 0 Å². The van der Waals surface area contributed by atoms with Crippen molar-refractivity contribution in [2.24, 2.45) is 11.3 Å². The molecule has 1 aromatic carbocycles. The van der Waals surface area contributed by atoms with E-state index in [1.165, 1.54) is 0 Å². The zero-order valence-corrected chi connectivity index (χ0v) is 16.6. The lowest BCUT2D eigenvalue weighted by molar-refractivity contribution is -0.149. The van der Waals surface area contributed by atoms with Crippen molar-refractivity contribution in [1.29, 1.82) is 0 Å². The summed E-state index contributed by atoms with van der Waals surface area (Å²) in [6.45, 7) is 5.95. The van der Waals surface area contributed by atoms with Gasteiger partial charge >= 0.3 is 12.0 Å². The van der Waals surface area contributed by atoms with E-state index in [2.05, 4.69) is 26.1 Å². The minimum atomic E-state index is -0.911. The van der Waals surface area contributed by atoms with Crippen LogP contribution in [0.4, 0.5) is 4.79 Å². The van der Waals surface area contributed by atoms with Crippen LogP contribution in [0.15, 0.2) is 24.3 Å². The number of esters is 1. The summed E-state index contributed by atoms with van der Waals surface area (Å²) < 4.78 is 5.21. The van der Waals surface area contributed by atoms with Gasteiger partial charge in [0.1, 0.15) is 18.7 Å². The van der Waals surface area contributed by atoms with E-state index in [-0.39, 0.29) is 24.5 Å². The van der Waals surface area contributed by atoms with Gasteiger partial charge in [-0.1, -0.05) is 44.5 Å². The van der Waals surface area contributed by atoms with Crippen molar-refractivity contribution in [1.82, 2.24) is 10.2 Å². The smallest absolute Gasteiger partial charge is 0.326 e. The van der Waals surface area contributed by atoms with E-state index in [0.29, 0.717) is 23.8 Å². The van der Waals surface area contributed by atoms with Gasteiger partial charge in [0.25, 0.3) is 5.91 Å². The molecule has 27 heavy (non-hydrogen) atoms. The third-order valence-corrected chi connectivity index (χ3v) is 5.44. The van der Waals surface area contributed by atoms with Gasteiger partial charge in [0.15, 0.2) is 0 Å². The Balaban J connectivity index is 1.64. The molecule has 3 amide bonds. The predicted molar refractivity (Wildman–Crippen MR) is 101 cm³/mol. The topological polar surface area (TPSA) is 75.7 Å². The fraction of sp³-hybridized carbons (Fsp3) is 0.550. The van der Waals surface area contributed by atoms with E-state index >= 15 is 0 Å². The third-order valence-electron chi connectivity index (χ3n) is 5.20. The molecule has 2 aliphatic rings. The van der Waals surface area contributed by atoms with Crippen LogP contribution in [0.5, 0.6) is 0 Å². The molecule has 1 heterocycles. The molecule has 2 atom stereocenters. The average Bonchev–Trinajstić information content (AvgIpc) is 2.74. The van der Waals surface area contributed by atoms with E-state index in [4.69, 9.17) is 16.3 Å². The molecule has 1 N–H and O–H groups in total. The molecule has 0 unspecified atom stereocenters. The van der Waals surface area contributed by atoms with Gasteiger partial charge in [-0.05, 0) is 48.3 Å². The van der Waals surface area contributed by atoms with Crippen LogP contribution >= 0.6 is 11.6 Å². The van der Waals surface area contributed by atoms with Crippen molar-refractivity contribution in [3.63, 3.8) is 0 Å². The van der Waals surface area contributed by atoms with Crippen molar-refractivity contribution >= 4 is 29.5 Å². The number of ether oxygens (including phenoxy) is 1. The van der Waals surface area contributed by atoms with Crippen LogP contribution in [-0.4, -0.2) is 34.9 Å². The van der Waals surface area contributed by atoms with Gasteiger partial charge in [0.05, 0.1) is 0 Å². The Morgan fingerprint density at radius 1 is 1.33 bits per heavy atom. The first-order chi connectivity index (χ1) is 12.6. The van der Waals surface area contributed by atoms with Gasteiger partial charge < -0.3 is 10.1 Å². The van der Waals surface area contributed by atoms with E-state index in [9.17, 15) is 14.4 Å². The second-order valence-corrected chi connectivity index (χ2v) is 8.99. The molecule has 1 saturated heterocycles. The summed E-state index contributed by atoms with van der Waals surface area (Å²) in [7, 11) is 0. The van der Waals surface area contributed by atoms with Crippen LogP contribution in [0.25, 0.3) is 0 Å². The molecule has 7 heteroatoms. The monoisotopic (exact) mass is 392 g/mol. The van der Waals surface area contributed by atoms with E-state index < -0.39 is 17.5 Å². The van der Waals surface area contributed by atoms with Crippen molar-refractivity contribution in [3.8, 4) is 0 Å². The maximum atomic E-state index is 13.0. The van der Waals surface area contributed by atoms with Crippen molar-refractivity contribution in [2.75, 3.05) is 6.54 Å². The lowest BCUT2D eigenvalue weighted by atomic mass is 9.64.